The Bertz CT molecular complexity index is 1140. The summed E-state index contributed by atoms with van der Waals surface area (Å²) in [5, 5.41) is 4.93. The van der Waals surface area contributed by atoms with Crippen LogP contribution in [0.15, 0.2) is 48.7 Å². The van der Waals surface area contributed by atoms with Gasteiger partial charge in [0.1, 0.15) is 5.82 Å². The molecule has 158 valence electrons. The Morgan fingerprint density at radius 2 is 1.84 bits per heavy atom. The summed E-state index contributed by atoms with van der Waals surface area (Å²) >= 11 is 0. The predicted molar refractivity (Wildman–Crippen MR) is 121 cm³/mol. The van der Waals surface area contributed by atoms with Crippen molar-refractivity contribution in [1.29, 1.82) is 0 Å². The van der Waals surface area contributed by atoms with E-state index in [-0.39, 0.29) is 11.5 Å². The number of ether oxygens (including phenoxy) is 1. The van der Waals surface area contributed by atoms with E-state index in [0.717, 1.165) is 54.6 Å². The molecule has 6 rings (SSSR count). The molecule has 4 heterocycles. The molecule has 2 saturated heterocycles. The highest BCUT2D eigenvalue weighted by Gasteiger charge is 2.38. The normalized spacial score (nSPS) is 19.9. The molecule has 0 unspecified atom stereocenters. The number of anilines is 1. The maximum atomic E-state index is 12.1. The van der Waals surface area contributed by atoms with Crippen molar-refractivity contribution in [1.82, 2.24) is 9.88 Å². The highest BCUT2D eigenvalue weighted by atomic mass is 16.5. The van der Waals surface area contributed by atoms with Gasteiger partial charge in [0.25, 0.3) is 5.91 Å². The van der Waals surface area contributed by atoms with Crippen molar-refractivity contribution in [3.8, 4) is 0 Å². The van der Waals surface area contributed by atoms with Gasteiger partial charge in [-0.15, -0.1) is 0 Å². The molecule has 2 fully saturated rings. The van der Waals surface area contributed by atoms with Crippen LogP contribution < -0.4 is 5.32 Å². The van der Waals surface area contributed by atoms with Gasteiger partial charge in [-0.1, -0.05) is 36.4 Å². The summed E-state index contributed by atoms with van der Waals surface area (Å²) in [7, 11) is 0. The number of pyridine rings is 1. The smallest absolute Gasteiger partial charge is 0.257 e. The molecule has 0 atom stereocenters. The number of amides is 1. The fourth-order valence-electron chi connectivity index (χ4n) is 5.46. The minimum atomic E-state index is -0.0577. The molecule has 31 heavy (non-hydrogen) atoms. The molecule has 0 saturated carbocycles. The second kappa shape index (κ2) is 7.43. The maximum Gasteiger partial charge on any atom is 0.257 e. The number of hydrogen-bond donors (Lipinski definition) is 1. The Morgan fingerprint density at radius 3 is 2.61 bits per heavy atom. The summed E-state index contributed by atoms with van der Waals surface area (Å²) in [5.74, 6) is 0.624. The highest BCUT2D eigenvalue weighted by Crippen LogP contribution is 2.36. The van der Waals surface area contributed by atoms with Crippen molar-refractivity contribution in [2.75, 3.05) is 25.0 Å². The quantitative estimate of drug-likeness (QED) is 0.682. The lowest BCUT2D eigenvalue weighted by Gasteiger charge is -2.38. The van der Waals surface area contributed by atoms with E-state index in [4.69, 9.17) is 4.74 Å². The highest BCUT2D eigenvalue weighted by molar-refractivity contribution is 6.23. The molecule has 1 aromatic heterocycles. The molecule has 0 radical (unpaired) electrons. The Balaban J connectivity index is 1.15. The first-order valence-corrected chi connectivity index (χ1v) is 11.4. The van der Waals surface area contributed by atoms with Crippen molar-refractivity contribution in [2.24, 2.45) is 0 Å². The molecule has 1 amide bonds. The van der Waals surface area contributed by atoms with E-state index in [2.05, 4.69) is 45.5 Å². The van der Waals surface area contributed by atoms with Crippen molar-refractivity contribution in [3.63, 3.8) is 0 Å². The Labute approximate surface area is 182 Å². The zero-order valence-electron chi connectivity index (χ0n) is 17.7. The zero-order valence-corrected chi connectivity index (χ0v) is 17.7. The molecular weight excluding hydrogens is 386 g/mol. The van der Waals surface area contributed by atoms with Gasteiger partial charge in [-0.3, -0.25) is 9.69 Å². The SMILES string of the molecule is O=C1Nc2ncc(Cc3ccc(CN4CCC5(CCCO5)CC4)cc3)c3cccc1c23. The minimum Gasteiger partial charge on any atom is -0.375 e. The van der Waals surface area contributed by atoms with Crippen LogP contribution in [0.2, 0.25) is 0 Å². The monoisotopic (exact) mass is 413 g/mol. The van der Waals surface area contributed by atoms with Crippen LogP contribution in [-0.2, 0) is 17.7 Å². The number of nitrogens with one attached hydrogen (secondary N) is 1. The van der Waals surface area contributed by atoms with E-state index < -0.39 is 0 Å². The third-order valence-corrected chi connectivity index (χ3v) is 7.25. The molecule has 1 N–H and O–H groups in total. The molecule has 5 heteroatoms. The molecule has 1 spiro atoms. The summed E-state index contributed by atoms with van der Waals surface area (Å²) in [5.41, 5.74) is 4.70. The van der Waals surface area contributed by atoms with Crippen molar-refractivity contribution in [3.05, 3.63) is 70.9 Å². The van der Waals surface area contributed by atoms with Gasteiger partial charge in [0.2, 0.25) is 0 Å². The van der Waals surface area contributed by atoms with Crippen molar-refractivity contribution >= 4 is 22.5 Å². The van der Waals surface area contributed by atoms with E-state index in [1.165, 1.54) is 36.8 Å². The fourth-order valence-corrected chi connectivity index (χ4v) is 5.46. The van der Waals surface area contributed by atoms with Crippen LogP contribution in [0.5, 0.6) is 0 Å². The van der Waals surface area contributed by atoms with Gasteiger partial charge in [-0.2, -0.15) is 0 Å². The van der Waals surface area contributed by atoms with E-state index in [9.17, 15) is 4.79 Å². The third-order valence-electron chi connectivity index (χ3n) is 7.25. The molecule has 0 aliphatic carbocycles. The van der Waals surface area contributed by atoms with Crippen LogP contribution in [-0.4, -0.2) is 41.1 Å². The second-order valence-electron chi connectivity index (χ2n) is 9.22. The molecule has 3 aliphatic rings. The Kier molecular flexibility index (Phi) is 4.55. The first-order valence-electron chi connectivity index (χ1n) is 11.4. The van der Waals surface area contributed by atoms with Crippen LogP contribution in [0.25, 0.3) is 10.8 Å². The van der Waals surface area contributed by atoms with Crippen molar-refractivity contribution in [2.45, 2.75) is 44.2 Å². The number of carbonyl (C=O) groups is 1. The summed E-state index contributed by atoms with van der Waals surface area (Å²) in [6.07, 6.45) is 7.51. The number of benzene rings is 2. The van der Waals surface area contributed by atoms with Gasteiger partial charge < -0.3 is 10.1 Å². The molecule has 0 bridgehead atoms. The standard InChI is InChI=1S/C26H27N3O2/c30-25-22-4-1-3-21-20(16-27-24(28-25)23(21)22)15-18-5-7-19(8-6-18)17-29-12-10-26(11-13-29)9-2-14-31-26/h1,3-8,16H,2,9-15,17H2,(H,27,28,30). The number of rotatable bonds is 4. The van der Waals surface area contributed by atoms with Crippen LogP contribution in [0, 0.1) is 0 Å². The van der Waals surface area contributed by atoms with Crippen LogP contribution in [0.4, 0.5) is 5.82 Å². The van der Waals surface area contributed by atoms with Crippen LogP contribution in [0.3, 0.4) is 0 Å². The minimum absolute atomic E-state index is 0.0577. The van der Waals surface area contributed by atoms with E-state index in [0.29, 0.717) is 5.82 Å². The molecule has 2 aromatic carbocycles. The lowest BCUT2D eigenvalue weighted by molar-refractivity contribution is -0.0447. The topological polar surface area (TPSA) is 54.5 Å². The van der Waals surface area contributed by atoms with E-state index in [1.807, 2.05) is 18.3 Å². The molecule has 3 aromatic rings. The summed E-state index contributed by atoms with van der Waals surface area (Å²) in [6, 6.07) is 14.9. The van der Waals surface area contributed by atoms with Gasteiger partial charge >= 0.3 is 0 Å². The zero-order chi connectivity index (χ0) is 20.8. The molecular formula is C26H27N3O2. The summed E-state index contributed by atoms with van der Waals surface area (Å²) < 4.78 is 6.05. The Morgan fingerprint density at radius 1 is 1.03 bits per heavy atom. The van der Waals surface area contributed by atoms with Gasteiger partial charge in [-0.25, -0.2) is 4.98 Å². The number of hydrogen-bond acceptors (Lipinski definition) is 4. The average molecular weight is 414 g/mol. The van der Waals surface area contributed by atoms with E-state index in [1.54, 1.807) is 0 Å². The average Bonchev–Trinajstić information content (AvgIpc) is 3.39. The maximum absolute atomic E-state index is 12.1. The first kappa shape index (κ1) is 19.0. The van der Waals surface area contributed by atoms with Gasteiger partial charge in [0.15, 0.2) is 0 Å². The summed E-state index contributed by atoms with van der Waals surface area (Å²) in [6.45, 7) is 4.21. The predicted octanol–water partition coefficient (Wildman–Crippen LogP) is 4.54. The summed E-state index contributed by atoms with van der Waals surface area (Å²) in [4.78, 5) is 19.2. The third kappa shape index (κ3) is 3.42. The number of piperidine rings is 1. The first-order chi connectivity index (χ1) is 15.2. The largest absolute Gasteiger partial charge is 0.375 e. The number of likely N-dealkylation sites (tertiary alicyclic amines) is 1. The lowest BCUT2D eigenvalue weighted by atomic mass is 9.88. The van der Waals surface area contributed by atoms with Gasteiger partial charge in [-0.05, 0) is 60.2 Å². The fraction of sp³-hybridized carbons (Fsp3) is 0.385. The molecule has 3 aliphatic heterocycles. The number of carbonyl (C=O) groups excluding carboxylic acids is 1. The number of aromatic nitrogens is 1. The Hall–Kier alpha value is -2.76. The number of nitrogens with zero attached hydrogens (tertiary/aromatic N) is 2. The second-order valence-corrected chi connectivity index (χ2v) is 9.22. The van der Waals surface area contributed by atoms with Crippen molar-refractivity contribution < 1.29 is 9.53 Å². The lowest BCUT2D eigenvalue weighted by Crippen LogP contribution is -2.43. The van der Waals surface area contributed by atoms with Crippen LogP contribution in [0.1, 0.15) is 52.7 Å². The van der Waals surface area contributed by atoms with Crippen LogP contribution >= 0.6 is 0 Å². The van der Waals surface area contributed by atoms with Gasteiger partial charge in [0.05, 0.1) is 11.2 Å². The van der Waals surface area contributed by atoms with E-state index >= 15 is 0 Å². The van der Waals surface area contributed by atoms with Gasteiger partial charge in [0, 0.05) is 37.8 Å². The molecule has 5 nitrogen and oxygen atoms in total.